The number of nitrogens with zero attached hydrogens (tertiary/aromatic N) is 1. The molecule has 0 fully saturated rings. The second kappa shape index (κ2) is 5.91. The molecule has 2 aromatic rings. The molecule has 0 aliphatic carbocycles. The Morgan fingerprint density at radius 3 is 2.89 bits per heavy atom. The molecule has 0 unspecified atom stereocenters. The van der Waals surface area contributed by atoms with Crippen LogP contribution in [0, 0.1) is 6.92 Å². The maximum absolute atomic E-state index is 5.80. The van der Waals surface area contributed by atoms with E-state index >= 15 is 0 Å². The van der Waals surface area contributed by atoms with Crippen molar-refractivity contribution in [2.75, 3.05) is 12.4 Å². The number of thiazole rings is 1. The van der Waals surface area contributed by atoms with Crippen LogP contribution in [0.25, 0.3) is 0 Å². The van der Waals surface area contributed by atoms with Crippen molar-refractivity contribution in [2.45, 2.75) is 13.5 Å². The first-order chi connectivity index (χ1) is 8.60. The van der Waals surface area contributed by atoms with E-state index in [2.05, 4.69) is 26.2 Å². The summed E-state index contributed by atoms with van der Waals surface area (Å²) in [5.41, 5.74) is 2.08. The first-order valence-electron chi connectivity index (χ1n) is 5.28. The van der Waals surface area contributed by atoms with Crippen molar-refractivity contribution >= 4 is 44.6 Å². The molecular formula is C12H12BrClN2OS. The highest BCUT2D eigenvalue weighted by Gasteiger charge is 2.09. The number of methoxy groups -OCH3 is 1. The van der Waals surface area contributed by atoms with Gasteiger partial charge in [-0.05, 0) is 40.5 Å². The Kier molecular flexibility index (Phi) is 4.48. The van der Waals surface area contributed by atoms with Crippen LogP contribution in [0.2, 0.25) is 4.47 Å². The minimum absolute atomic E-state index is 0.557. The number of benzene rings is 1. The van der Waals surface area contributed by atoms with E-state index in [1.165, 1.54) is 11.3 Å². The van der Waals surface area contributed by atoms with Crippen LogP contribution in [0.4, 0.5) is 5.69 Å². The zero-order valence-electron chi connectivity index (χ0n) is 9.96. The van der Waals surface area contributed by atoms with Crippen molar-refractivity contribution in [3.63, 3.8) is 0 Å². The molecule has 0 atom stereocenters. The molecule has 96 valence electrons. The summed E-state index contributed by atoms with van der Waals surface area (Å²) in [4.78, 5) is 5.09. The van der Waals surface area contributed by atoms with Crippen molar-refractivity contribution in [1.29, 1.82) is 0 Å². The highest BCUT2D eigenvalue weighted by Crippen LogP contribution is 2.34. The van der Waals surface area contributed by atoms with Crippen molar-refractivity contribution < 1.29 is 4.74 Å². The number of ether oxygens (including phenoxy) is 1. The first kappa shape index (κ1) is 13.6. The van der Waals surface area contributed by atoms with Gasteiger partial charge in [0.05, 0.1) is 19.3 Å². The first-order valence-corrected chi connectivity index (χ1v) is 7.27. The highest BCUT2D eigenvalue weighted by atomic mass is 79.9. The summed E-state index contributed by atoms with van der Waals surface area (Å²) in [7, 11) is 1.66. The fourth-order valence-electron chi connectivity index (χ4n) is 1.58. The third kappa shape index (κ3) is 3.16. The van der Waals surface area contributed by atoms with E-state index in [1.54, 1.807) is 13.3 Å². The Bertz CT molecular complexity index is 559. The molecule has 1 aromatic heterocycles. The van der Waals surface area contributed by atoms with Gasteiger partial charge in [-0.15, -0.1) is 11.3 Å². The summed E-state index contributed by atoms with van der Waals surface area (Å²) in [6.07, 6.45) is 1.77. The van der Waals surface area contributed by atoms with Gasteiger partial charge in [0.2, 0.25) is 0 Å². The minimum Gasteiger partial charge on any atom is -0.495 e. The van der Waals surface area contributed by atoms with Crippen LogP contribution in [-0.4, -0.2) is 12.1 Å². The van der Waals surface area contributed by atoms with Gasteiger partial charge in [0.15, 0.2) is 4.47 Å². The monoisotopic (exact) mass is 346 g/mol. The molecule has 0 amide bonds. The van der Waals surface area contributed by atoms with Crippen LogP contribution in [0.1, 0.15) is 10.4 Å². The number of hydrogen-bond acceptors (Lipinski definition) is 4. The van der Waals surface area contributed by atoms with Crippen molar-refractivity contribution in [3.8, 4) is 5.75 Å². The second-order valence-electron chi connectivity index (χ2n) is 3.76. The molecule has 0 saturated carbocycles. The summed E-state index contributed by atoms with van der Waals surface area (Å²) >= 11 is 10.8. The van der Waals surface area contributed by atoms with Gasteiger partial charge < -0.3 is 10.1 Å². The van der Waals surface area contributed by atoms with Gasteiger partial charge in [0, 0.05) is 15.5 Å². The molecular weight excluding hydrogens is 336 g/mol. The molecule has 18 heavy (non-hydrogen) atoms. The number of rotatable bonds is 4. The zero-order chi connectivity index (χ0) is 13.1. The van der Waals surface area contributed by atoms with Gasteiger partial charge >= 0.3 is 0 Å². The maximum Gasteiger partial charge on any atom is 0.183 e. The van der Waals surface area contributed by atoms with Crippen LogP contribution in [0.3, 0.4) is 0 Å². The van der Waals surface area contributed by atoms with Crippen LogP contribution in [-0.2, 0) is 6.54 Å². The molecule has 0 bridgehead atoms. The highest BCUT2D eigenvalue weighted by molar-refractivity contribution is 9.10. The maximum atomic E-state index is 5.80. The summed E-state index contributed by atoms with van der Waals surface area (Å²) in [6.45, 7) is 2.70. The van der Waals surface area contributed by atoms with E-state index in [4.69, 9.17) is 16.3 Å². The quantitative estimate of drug-likeness (QED) is 0.885. The molecule has 2 rings (SSSR count). The Morgan fingerprint density at radius 1 is 1.50 bits per heavy atom. The largest absolute Gasteiger partial charge is 0.495 e. The van der Waals surface area contributed by atoms with E-state index in [1.807, 2.05) is 19.1 Å². The van der Waals surface area contributed by atoms with Gasteiger partial charge in [-0.25, -0.2) is 4.98 Å². The Hall–Kier alpha value is -0.780. The standard InChI is InChI=1S/C12H12BrClN2OS/c1-7-3-9(13)11(10(4-7)17-2)15-5-8-6-16-12(14)18-8/h3-4,6,15H,5H2,1-2H3. The van der Waals surface area contributed by atoms with Crippen LogP contribution < -0.4 is 10.1 Å². The fourth-order valence-corrected chi connectivity index (χ4v) is 3.20. The molecule has 1 heterocycles. The summed E-state index contributed by atoms with van der Waals surface area (Å²) in [6, 6.07) is 4.04. The molecule has 1 N–H and O–H groups in total. The van der Waals surface area contributed by atoms with Crippen LogP contribution >= 0.6 is 38.9 Å². The molecule has 3 nitrogen and oxygen atoms in total. The van der Waals surface area contributed by atoms with E-state index < -0.39 is 0 Å². The van der Waals surface area contributed by atoms with E-state index in [0.29, 0.717) is 11.0 Å². The lowest BCUT2D eigenvalue weighted by molar-refractivity contribution is 0.416. The normalized spacial score (nSPS) is 10.4. The Morgan fingerprint density at radius 2 is 2.28 bits per heavy atom. The smallest absolute Gasteiger partial charge is 0.183 e. The predicted octanol–water partition coefficient (Wildman–Crippen LogP) is 4.49. The number of aromatic nitrogens is 1. The van der Waals surface area contributed by atoms with Crippen LogP contribution in [0.15, 0.2) is 22.8 Å². The van der Waals surface area contributed by atoms with Gasteiger partial charge in [-0.2, -0.15) is 0 Å². The molecule has 1 aromatic carbocycles. The minimum atomic E-state index is 0.557. The predicted molar refractivity (Wildman–Crippen MR) is 79.9 cm³/mol. The average molecular weight is 348 g/mol. The molecule has 0 aliphatic heterocycles. The van der Waals surface area contributed by atoms with Gasteiger partial charge in [-0.3, -0.25) is 0 Å². The molecule has 0 saturated heterocycles. The fraction of sp³-hybridized carbons (Fsp3) is 0.250. The second-order valence-corrected chi connectivity index (χ2v) is 6.31. The number of nitrogens with one attached hydrogen (secondary N) is 1. The lowest BCUT2D eigenvalue weighted by Crippen LogP contribution is -2.01. The van der Waals surface area contributed by atoms with Gasteiger partial charge in [-0.1, -0.05) is 11.6 Å². The van der Waals surface area contributed by atoms with Gasteiger partial charge in [0.25, 0.3) is 0 Å². The summed E-state index contributed by atoms with van der Waals surface area (Å²) in [5.74, 6) is 0.817. The molecule has 0 radical (unpaired) electrons. The third-order valence-corrected chi connectivity index (χ3v) is 4.12. The van der Waals surface area contributed by atoms with Crippen LogP contribution in [0.5, 0.6) is 5.75 Å². The lowest BCUT2D eigenvalue weighted by Gasteiger charge is -2.13. The molecule has 0 aliphatic rings. The number of hydrogen-bond donors (Lipinski definition) is 1. The lowest BCUT2D eigenvalue weighted by atomic mass is 10.2. The number of anilines is 1. The number of aryl methyl sites for hydroxylation is 1. The summed E-state index contributed by atoms with van der Waals surface area (Å²) in [5, 5.41) is 3.33. The van der Waals surface area contributed by atoms with E-state index in [0.717, 1.165) is 26.4 Å². The Labute approximate surface area is 123 Å². The van der Waals surface area contributed by atoms with Crippen molar-refractivity contribution in [3.05, 3.63) is 37.7 Å². The van der Waals surface area contributed by atoms with Gasteiger partial charge in [0.1, 0.15) is 5.75 Å². The topological polar surface area (TPSA) is 34.1 Å². The number of halogens is 2. The van der Waals surface area contributed by atoms with E-state index in [9.17, 15) is 0 Å². The van der Waals surface area contributed by atoms with Crippen molar-refractivity contribution in [1.82, 2.24) is 4.98 Å². The summed E-state index contributed by atoms with van der Waals surface area (Å²) < 4.78 is 6.91. The Balaban J connectivity index is 2.18. The SMILES string of the molecule is COc1cc(C)cc(Br)c1NCc1cnc(Cl)s1. The van der Waals surface area contributed by atoms with Crippen molar-refractivity contribution in [2.24, 2.45) is 0 Å². The van der Waals surface area contributed by atoms with E-state index in [-0.39, 0.29) is 0 Å². The molecule has 0 spiro atoms. The molecule has 6 heteroatoms. The zero-order valence-corrected chi connectivity index (χ0v) is 13.1. The third-order valence-electron chi connectivity index (χ3n) is 2.38. The average Bonchev–Trinajstić information content (AvgIpc) is 2.73.